The first kappa shape index (κ1) is 26.4. The van der Waals surface area contributed by atoms with Crippen molar-refractivity contribution in [2.75, 3.05) is 31.1 Å². The first-order valence-electron chi connectivity index (χ1n) is 12.2. The number of rotatable bonds is 5. The number of halogens is 5. The van der Waals surface area contributed by atoms with E-state index in [1.54, 1.807) is 4.57 Å². The maximum absolute atomic E-state index is 15.6. The van der Waals surface area contributed by atoms with Crippen molar-refractivity contribution in [3.8, 4) is 11.4 Å². The van der Waals surface area contributed by atoms with E-state index in [2.05, 4.69) is 4.98 Å². The summed E-state index contributed by atoms with van der Waals surface area (Å²) in [4.78, 5) is 31.6. The summed E-state index contributed by atoms with van der Waals surface area (Å²) < 4.78 is 61.4. The summed E-state index contributed by atoms with van der Waals surface area (Å²) in [6.07, 6.45) is -5.72. The number of aromatic nitrogens is 2. The monoisotopic (exact) mass is 552 g/mol. The lowest BCUT2D eigenvalue weighted by Gasteiger charge is -2.33. The molecule has 0 bridgehead atoms. The number of carbonyl (C=O) groups is 2. The van der Waals surface area contributed by atoms with Crippen molar-refractivity contribution in [2.24, 2.45) is 0 Å². The molecular formula is C26H25ClF4N4O3. The van der Waals surface area contributed by atoms with Gasteiger partial charge in [-0.3, -0.25) is 9.59 Å². The van der Waals surface area contributed by atoms with E-state index < -0.39 is 30.4 Å². The van der Waals surface area contributed by atoms with Crippen LogP contribution in [0.4, 0.5) is 23.2 Å². The quantitative estimate of drug-likeness (QED) is 0.413. The second-order valence-corrected chi connectivity index (χ2v) is 10.0. The number of hydrogen-bond acceptors (Lipinski definition) is 4. The fourth-order valence-corrected chi connectivity index (χ4v) is 5.30. The van der Waals surface area contributed by atoms with Crippen molar-refractivity contribution in [3.05, 3.63) is 46.7 Å². The van der Waals surface area contributed by atoms with Crippen LogP contribution in [0.25, 0.3) is 22.4 Å². The SMILES string of the molecule is Cc1ccc2c(c1)nc(-c1c(F)cc(N3CCCC3=O)cc1Cl)n2CC1CN(C(=O)CC(F)(F)F)CCO1. The molecule has 12 heteroatoms. The predicted octanol–water partition coefficient (Wildman–Crippen LogP) is 5.11. The molecule has 5 rings (SSSR count). The van der Waals surface area contributed by atoms with Gasteiger partial charge >= 0.3 is 6.18 Å². The Kier molecular flexibility index (Phi) is 7.08. The van der Waals surface area contributed by atoms with E-state index in [1.165, 1.54) is 17.0 Å². The van der Waals surface area contributed by atoms with Gasteiger partial charge in [0, 0.05) is 31.7 Å². The molecule has 2 fully saturated rings. The standard InChI is InChI=1S/C26H25ClF4N4O3/c1-15-4-5-21-20(9-15)32-25(24-18(27)10-16(11-19(24)28)34-6-2-3-22(34)36)35(21)14-17-13-33(7-8-38-17)23(37)12-26(29,30)31/h4-5,9-11,17H,2-3,6-8,12-14H2,1H3. The lowest BCUT2D eigenvalue weighted by Crippen LogP contribution is -2.48. The van der Waals surface area contributed by atoms with Gasteiger partial charge in [-0.05, 0) is 43.2 Å². The third-order valence-electron chi connectivity index (χ3n) is 6.77. The molecule has 202 valence electrons. The van der Waals surface area contributed by atoms with Crippen LogP contribution < -0.4 is 4.90 Å². The average molecular weight is 553 g/mol. The molecule has 2 saturated heterocycles. The van der Waals surface area contributed by atoms with Crippen molar-refractivity contribution in [1.29, 1.82) is 0 Å². The normalized spacial score (nSPS) is 18.6. The van der Waals surface area contributed by atoms with Gasteiger partial charge in [0.05, 0.1) is 40.9 Å². The van der Waals surface area contributed by atoms with Gasteiger partial charge in [-0.1, -0.05) is 17.7 Å². The first-order chi connectivity index (χ1) is 18.0. The summed E-state index contributed by atoms with van der Waals surface area (Å²) in [6.45, 7) is 2.55. The van der Waals surface area contributed by atoms with E-state index in [0.717, 1.165) is 10.5 Å². The maximum Gasteiger partial charge on any atom is 0.397 e. The summed E-state index contributed by atoms with van der Waals surface area (Å²) in [6, 6.07) is 8.31. The molecule has 2 amide bonds. The number of ether oxygens (including phenoxy) is 1. The van der Waals surface area contributed by atoms with Crippen molar-refractivity contribution in [3.63, 3.8) is 0 Å². The van der Waals surface area contributed by atoms with Gasteiger partial charge in [0.2, 0.25) is 11.8 Å². The number of benzene rings is 2. The Morgan fingerprint density at radius 1 is 1.21 bits per heavy atom. The number of amides is 2. The molecule has 2 aliphatic heterocycles. The number of hydrogen-bond donors (Lipinski definition) is 0. The van der Waals surface area contributed by atoms with Gasteiger partial charge in [0.15, 0.2) is 0 Å². The van der Waals surface area contributed by atoms with Gasteiger partial charge in [-0.25, -0.2) is 9.37 Å². The number of imidazole rings is 1. The van der Waals surface area contributed by atoms with Crippen molar-refractivity contribution >= 4 is 40.1 Å². The fraction of sp³-hybridized carbons (Fsp3) is 0.423. The number of carbonyl (C=O) groups excluding carboxylic acids is 2. The van der Waals surface area contributed by atoms with Gasteiger partial charge < -0.3 is 19.1 Å². The number of morpholine rings is 1. The minimum atomic E-state index is -4.60. The van der Waals surface area contributed by atoms with Gasteiger partial charge in [0.1, 0.15) is 18.1 Å². The minimum Gasteiger partial charge on any atom is -0.373 e. The lowest BCUT2D eigenvalue weighted by atomic mass is 10.1. The lowest BCUT2D eigenvalue weighted by molar-refractivity contribution is -0.166. The first-order valence-corrected chi connectivity index (χ1v) is 12.6. The van der Waals surface area contributed by atoms with Crippen molar-refractivity contribution < 1.29 is 31.9 Å². The summed E-state index contributed by atoms with van der Waals surface area (Å²) >= 11 is 6.57. The zero-order valence-electron chi connectivity index (χ0n) is 20.5. The number of alkyl halides is 3. The van der Waals surface area contributed by atoms with E-state index in [-0.39, 0.29) is 48.6 Å². The number of fused-ring (bicyclic) bond motifs is 1. The molecule has 3 aromatic rings. The Hall–Kier alpha value is -3.18. The highest BCUT2D eigenvalue weighted by Crippen LogP contribution is 2.37. The highest BCUT2D eigenvalue weighted by atomic mass is 35.5. The van der Waals surface area contributed by atoms with E-state index in [1.807, 2.05) is 25.1 Å². The van der Waals surface area contributed by atoms with Crippen molar-refractivity contribution in [2.45, 2.75) is 45.0 Å². The largest absolute Gasteiger partial charge is 0.397 e. The number of aryl methyl sites for hydroxylation is 1. The maximum atomic E-state index is 15.6. The number of anilines is 1. The molecule has 0 spiro atoms. The molecule has 0 radical (unpaired) electrons. The Morgan fingerprint density at radius 3 is 2.68 bits per heavy atom. The Balaban J connectivity index is 1.50. The van der Waals surface area contributed by atoms with Crippen LogP contribution in [0.3, 0.4) is 0 Å². The van der Waals surface area contributed by atoms with E-state index >= 15 is 4.39 Å². The minimum absolute atomic E-state index is 0.0386. The highest BCUT2D eigenvalue weighted by molar-refractivity contribution is 6.33. The summed E-state index contributed by atoms with van der Waals surface area (Å²) in [5.74, 6) is -1.56. The van der Waals surface area contributed by atoms with Crippen LogP contribution in [-0.4, -0.2) is 64.8 Å². The smallest absolute Gasteiger partial charge is 0.373 e. The fourth-order valence-electron chi connectivity index (χ4n) is 5.01. The second kappa shape index (κ2) is 10.2. The van der Waals surface area contributed by atoms with Gasteiger partial charge in [-0.15, -0.1) is 0 Å². The predicted molar refractivity (Wildman–Crippen MR) is 133 cm³/mol. The third-order valence-corrected chi connectivity index (χ3v) is 7.07. The van der Waals surface area contributed by atoms with E-state index in [0.29, 0.717) is 36.1 Å². The molecule has 0 saturated carbocycles. The molecule has 7 nitrogen and oxygen atoms in total. The average Bonchev–Trinajstić information content (AvgIpc) is 3.41. The van der Waals surface area contributed by atoms with Gasteiger partial charge in [0.25, 0.3) is 0 Å². The zero-order chi connectivity index (χ0) is 27.2. The van der Waals surface area contributed by atoms with Crippen LogP contribution in [-0.2, 0) is 20.9 Å². The highest BCUT2D eigenvalue weighted by Gasteiger charge is 2.36. The van der Waals surface area contributed by atoms with Crippen LogP contribution >= 0.6 is 11.6 Å². The zero-order valence-corrected chi connectivity index (χ0v) is 21.3. The number of nitrogens with zero attached hydrogens (tertiary/aromatic N) is 4. The molecule has 1 atom stereocenters. The molecular weight excluding hydrogens is 528 g/mol. The summed E-state index contributed by atoms with van der Waals surface area (Å²) in [7, 11) is 0. The molecule has 3 heterocycles. The van der Waals surface area contributed by atoms with Crippen molar-refractivity contribution in [1.82, 2.24) is 14.5 Å². The molecule has 0 N–H and O–H groups in total. The molecule has 1 unspecified atom stereocenters. The van der Waals surface area contributed by atoms with Crippen LogP contribution in [0, 0.1) is 12.7 Å². The van der Waals surface area contributed by atoms with Crippen LogP contribution in [0.2, 0.25) is 5.02 Å². The molecule has 38 heavy (non-hydrogen) atoms. The van der Waals surface area contributed by atoms with Crippen LogP contribution in [0.1, 0.15) is 24.8 Å². The Bertz CT molecular complexity index is 1380. The molecule has 2 aliphatic rings. The Labute approximate surface area is 220 Å². The molecule has 1 aromatic heterocycles. The Morgan fingerprint density at radius 2 is 2.00 bits per heavy atom. The van der Waals surface area contributed by atoms with Crippen LogP contribution in [0.5, 0.6) is 0 Å². The summed E-state index contributed by atoms with van der Waals surface area (Å²) in [5.41, 5.74) is 2.57. The summed E-state index contributed by atoms with van der Waals surface area (Å²) in [5, 5.41) is 0.0690. The van der Waals surface area contributed by atoms with E-state index in [4.69, 9.17) is 16.3 Å². The topological polar surface area (TPSA) is 67.7 Å². The van der Waals surface area contributed by atoms with Gasteiger partial charge in [-0.2, -0.15) is 13.2 Å². The molecule has 0 aliphatic carbocycles. The van der Waals surface area contributed by atoms with Crippen LogP contribution in [0.15, 0.2) is 30.3 Å². The third kappa shape index (κ3) is 5.35. The second-order valence-electron chi connectivity index (χ2n) is 9.60. The van der Waals surface area contributed by atoms with E-state index in [9.17, 15) is 22.8 Å². The molecule has 2 aromatic carbocycles.